The summed E-state index contributed by atoms with van der Waals surface area (Å²) in [7, 11) is 0. The highest BCUT2D eigenvalue weighted by atomic mass is 32.2. The van der Waals surface area contributed by atoms with Gasteiger partial charge in [-0.2, -0.15) is 0 Å². The number of aliphatic carboxylic acids is 1. The molecule has 0 saturated heterocycles. The van der Waals surface area contributed by atoms with Crippen LogP contribution in [-0.2, 0) is 10.2 Å². The lowest BCUT2D eigenvalue weighted by molar-refractivity contribution is -0.149. The Labute approximate surface area is 240 Å². The molecule has 0 bridgehead atoms. The van der Waals surface area contributed by atoms with Crippen LogP contribution >= 0.6 is 11.8 Å². The molecule has 1 aliphatic rings. The summed E-state index contributed by atoms with van der Waals surface area (Å²) in [6, 6.07) is 13.5. The lowest BCUT2D eigenvalue weighted by atomic mass is 9.68. The van der Waals surface area contributed by atoms with Crippen molar-refractivity contribution in [2.75, 3.05) is 5.75 Å². The van der Waals surface area contributed by atoms with Crippen LogP contribution in [-0.4, -0.2) is 27.0 Å². The van der Waals surface area contributed by atoms with Crippen LogP contribution in [0.5, 0.6) is 11.5 Å². The summed E-state index contributed by atoms with van der Waals surface area (Å²) in [6.07, 6.45) is 15.3. The minimum absolute atomic E-state index is 0.0321. The standard InChI is InChI=1S/C34H50O4S/c1-4-5-6-13-22-33(2,32(37)38)23-14-11-9-7-8-10-12-15-30-29-21-20-28(36)24-31(29)39-25-34(30,3)26-16-18-27(35)19-17-26/h16-21,24,30,35-36H,4-15,22-23,25H2,1-3H3,(H,37,38). The predicted molar refractivity (Wildman–Crippen MR) is 163 cm³/mol. The number of rotatable bonds is 17. The number of carbonyl (C=O) groups is 1. The zero-order valence-electron chi connectivity index (χ0n) is 24.4. The van der Waals surface area contributed by atoms with Gasteiger partial charge in [0.2, 0.25) is 0 Å². The zero-order valence-corrected chi connectivity index (χ0v) is 25.2. The summed E-state index contributed by atoms with van der Waals surface area (Å²) in [5.41, 5.74) is 1.99. The van der Waals surface area contributed by atoms with Crippen molar-refractivity contribution in [1.82, 2.24) is 0 Å². The van der Waals surface area contributed by atoms with Gasteiger partial charge in [-0.05, 0) is 67.5 Å². The van der Waals surface area contributed by atoms with Crippen molar-refractivity contribution in [3.63, 3.8) is 0 Å². The highest BCUT2D eigenvalue weighted by Gasteiger charge is 2.41. The molecule has 0 spiro atoms. The molecule has 2 aromatic rings. The lowest BCUT2D eigenvalue weighted by Crippen LogP contribution is -2.36. The number of benzene rings is 2. The largest absolute Gasteiger partial charge is 0.508 e. The summed E-state index contributed by atoms with van der Waals surface area (Å²) >= 11 is 1.82. The molecule has 3 N–H and O–H groups in total. The third-order valence-electron chi connectivity index (χ3n) is 9.02. The van der Waals surface area contributed by atoms with Gasteiger partial charge in [-0.25, -0.2) is 0 Å². The maximum atomic E-state index is 11.9. The Bertz CT molecular complexity index is 1040. The monoisotopic (exact) mass is 554 g/mol. The number of carboxylic acids is 1. The van der Waals surface area contributed by atoms with Crippen LogP contribution in [0, 0.1) is 5.41 Å². The molecule has 216 valence electrons. The van der Waals surface area contributed by atoms with E-state index in [2.05, 4.69) is 32.0 Å². The number of hydrogen-bond donors (Lipinski definition) is 3. The van der Waals surface area contributed by atoms with Crippen molar-refractivity contribution in [3.8, 4) is 11.5 Å². The Hall–Kier alpha value is -2.14. The molecule has 39 heavy (non-hydrogen) atoms. The fourth-order valence-corrected chi connectivity index (χ4v) is 7.64. The Morgan fingerprint density at radius 1 is 0.872 bits per heavy atom. The van der Waals surface area contributed by atoms with Gasteiger partial charge in [0.1, 0.15) is 11.5 Å². The third kappa shape index (κ3) is 8.67. The quantitative estimate of drug-likeness (QED) is 0.170. The van der Waals surface area contributed by atoms with Crippen molar-refractivity contribution in [2.45, 2.75) is 127 Å². The number of hydrogen-bond acceptors (Lipinski definition) is 4. The average Bonchev–Trinajstić information content (AvgIpc) is 2.91. The topological polar surface area (TPSA) is 77.8 Å². The van der Waals surface area contributed by atoms with Crippen molar-refractivity contribution in [2.24, 2.45) is 5.41 Å². The molecule has 0 aromatic heterocycles. The summed E-state index contributed by atoms with van der Waals surface area (Å²) in [4.78, 5) is 13.1. The van der Waals surface area contributed by atoms with Gasteiger partial charge >= 0.3 is 5.97 Å². The fourth-order valence-electron chi connectivity index (χ4n) is 6.24. The molecule has 0 fully saturated rings. The Kier molecular flexibility index (Phi) is 12.1. The van der Waals surface area contributed by atoms with E-state index in [0.717, 1.165) is 57.1 Å². The van der Waals surface area contributed by atoms with Gasteiger partial charge in [0.25, 0.3) is 0 Å². The van der Waals surface area contributed by atoms with Crippen molar-refractivity contribution in [3.05, 3.63) is 53.6 Å². The van der Waals surface area contributed by atoms with Gasteiger partial charge < -0.3 is 15.3 Å². The second-order valence-electron chi connectivity index (χ2n) is 12.2. The minimum atomic E-state index is -0.629. The van der Waals surface area contributed by atoms with Crippen LogP contribution in [0.2, 0.25) is 0 Å². The van der Waals surface area contributed by atoms with E-state index < -0.39 is 11.4 Å². The van der Waals surface area contributed by atoms with Gasteiger partial charge in [0.05, 0.1) is 5.41 Å². The fraction of sp³-hybridized carbons (Fsp3) is 0.618. The minimum Gasteiger partial charge on any atom is -0.508 e. The SMILES string of the molecule is CCCCCCC(C)(CCCCCCCCCC1c2ccc(O)cc2SCC1(C)c1ccc(O)cc1)C(=O)O. The normalized spacial score (nSPS) is 20.3. The van der Waals surface area contributed by atoms with Crippen LogP contribution in [0.1, 0.15) is 128 Å². The van der Waals surface area contributed by atoms with E-state index in [4.69, 9.17) is 0 Å². The molecule has 0 amide bonds. The van der Waals surface area contributed by atoms with E-state index in [1.54, 1.807) is 12.1 Å². The summed E-state index contributed by atoms with van der Waals surface area (Å²) in [5.74, 6) is 1.31. The molecule has 5 heteroatoms. The molecule has 3 rings (SSSR count). The number of aromatic hydroxyl groups is 2. The molecule has 0 radical (unpaired) electrons. The second-order valence-corrected chi connectivity index (χ2v) is 13.2. The van der Waals surface area contributed by atoms with Crippen LogP contribution < -0.4 is 0 Å². The molecule has 3 unspecified atom stereocenters. The molecule has 3 atom stereocenters. The van der Waals surface area contributed by atoms with E-state index in [1.165, 1.54) is 54.5 Å². The first-order valence-corrected chi connectivity index (χ1v) is 16.2. The van der Waals surface area contributed by atoms with Crippen LogP contribution in [0.25, 0.3) is 0 Å². The number of thioether (sulfide) groups is 1. The van der Waals surface area contributed by atoms with E-state index >= 15 is 0 Å². The number of fused-ring (bicyclic) bond motifs is 1. The molecule has 2 aromatic carbocycles. The molecule has 1 heterocycles. The van der Waals surface area contributed by atoms with Gasteiger partial charge in [-0.3, -0.25) is 4.79 Å². The van der Waals surface area contributed by atoms with Gasteiger partial charge in [0.15, 0.2) is 0 Å². The zero-order chi connectivity index (χ0) is 28.3. The van der Waals surface area contributed by atoms with Crippen molar-refractivity contribution >= 4 is 17.7 Å². The Morgan fingerprint density at radius 3 is 2.05 bits per heavy atom. The predicted octanol–water partition coefficient (Wildman–Crippen LogP) is 9.82. The Morgan fingerprint density at radius 2 is 1.44 bits per heavy atom. The summed E-state index contributed by atoms with van der Waals surface area (Å²) in [6.45, 7) is 6.48. The van der Waals surface area contributed by atoms with Gasteiger partial charge in [-0.15, -0.1) is 11.8 Å². The molecule has 1 aliphatic heterocycles. The van der Waals surface area contributed by atoms with E-state index in [-0.39, 0.29) is 5.41 Å². The first-order valence-electron chi connectivity index (χ1n) is 15.2. The molecule has 4 nitrogen and oxygen atoms in total. The number of carboxylic acid groups (broad SMARTS) is 1. The van der Waals surface area contributed by atoms with Crippen molar-refractivity contribution in [1.29, 1.82) is 0 Å². The third-order valence-corrected chi connectivity index (χ3v) is 10.4. The number of unbranched alkanes of at least 4 members (excludes halogenated alkanes) is 9. The first kappa shape index (κ1) is 31.4. The Balaban J connectivity index is 1.45. The lowest BCUT2D eigenvalue weighted by Gasteiger charge is -2.43. The molecular formula is C34H50O4S. The highest BCUT2D eigenvalue weighted by molar-refractivity contribution is 7.99. The van der Waals surface area contributed by atoms with E-state index in [9.17, 15) is 20.1 Å². The van der Waals surface area contributed by atoms with Gasteiger partial charge in [-0.1, -0.05) is 103 Å². The average molecular weight is 555 g/mol. The molecular weight excluding hydrogens is 504 g/mol. The first-order chi connectivity index (χ1) is 18.7. The summed E-state index contributed by atoms with van der Waals surface area (Å²) < 4.78 is 0. The maximum Gasteiger partial charge on any atom is 0.309 e. The van der Waals surface area contributed by atoms with E-state index in [0.29, 0.717) is 17.4 Å². The van der Waals surface area contributed by atoms with Crippen LogP contribution in [0.4, 0.5) is 0 Å². The van der Waals surface area contributed by atoms with Crippen LogP contribution in [0.15, 0.2) is 47.4 Å². The number of phenolic OH excluding ortho intramolecular Hbond substituents is 2. The highest BCUT2D eigenvalue weighted by Crippen LogP contribution is 2.52. The van der Waals surface area contributed by atoms with Crippen LogP contribution in [0.3, 0.4) is 0 Å². The second kappa shape index (κ2) is 15.0. The summed E-state index contributed by atoms with van der Waals surface area (Å²) in [5, 5.41) is 29.6. The van der Waals surface area contributed by atoms with E-state index in [1.807, 2.05) is 30.8 Å². The molecule has 0 aliphatic carbocycles. The number of phenols is 2. The smallest absolute Gasteiger partial charge is 0.309 e. The molecule has 0 saturated carbocycles. The maximum absolute atomic E-state index is 11.9. The van der Waals surface area contributed by atoms with Gasteiger partial charge in [0, 0.05) is 16.1 Å². The van der Waals surface area contributed by atoms with Crippen molar-refractivity contribution < 1.29 is 20.1 Å².